The standard InChI is InChI=1S/C17H25N3O2S/c1-3-19(4-2)17(22)14-18-9-11-20(12-10-18)16(21)8-7-15-6-5-13-23-15/h5-8,13H,3-4,9-12,14H2,1-2H3/b8-7+. The van der Waals surface area contributed by atoms with Crippen molar-refractivity contribution in [2.45, 2.75) is 13.8 Å². The first-order valence-corrected chi connectivity index (χ1v) is 9.02. The number of amides is 2. The fourth-order valence-corrected chi connectivity index (χ4v) is 3.26. The number of hydrogen-bond donors (Lipinski definition) is 0. The first-order chi connectivity index (χ1) is 11.1. The van der Waals surface area contributed by atoms with E-state index in [1.807, 2.05) is 47.2 Å². The molecule has 1 aliphatic heterocycles. The summed E-state index contributed by atoms with van der Waals surface area (Å²) in [6.45, 7) is 8.82. The Labute approximate surface area is 142 Å². The third-order valence-corrected chi connectivity index (χ3v) is 4.93. The molecule has 0 bridgehead atoms. The largest absolute Gasteiger partial charge is 0.342 e. The molecule has 1 aromatic rings. The lowest BCUT2D eigenvalue weighted by Crippen LogP contribution is -2.51. The highest BCUT2D eigenvalue weighted by atomic mass is 32.1. The van der Waals surface area contributed by atoms with Gasteiger partial charge in [-0.05, 0) is 31.4 Å². The van der Waals surface area contributed by atoms with Crippen molar-refractivity contribution in [3.63, 3.8) is 0 Å². The number of likely N-dealkylation sites (N-methyl/N-ethyl adjacent to an activating group) is 1. The Morgan fingerprint density at radius 2 is 1.91 bits per heavy atom. The van der Waals surface area contributed by atoms with Gasteiger partial charge in [0, 0.05) is 50.2 Å². The van der Waals surface area contributed by atoms with E-state index in [1.54, 1.807) is 17.4 Å². The van der Waals surface area contributed by atoms with Gasteiger partial charge in [0.25, 0.3) is 0 Å². The maximum Gasteiger partial charge on any atom is 0.246 e. The number of carbonyl (C=O) groups is 2. The molecule has 0 unspecified atom stereocenters. The summed E-state index contributed by atoms with van der Waals surface area (Å²) >= 11 is 1.62. The number of carbonyl (C=O) groups excluding carboxylic acids is 2. The van der Waals surface area contributed by atoms with Crippen LogP contribution in [-0.2, 0) is 9.59 Å². The Balaban J connectivity index is 1.77. The molecule has 1 aliphatic rings. The molecule has 1 fully saturated rings. The molecule has 126 valence electrons. The highest BCUT2D eigenvalue weighted by molar-refractivity contribution is 7.10. The van der Waals surface area contributed by atoms with Gasteiger partial charge >= 0.3 is 0 Å². The Bertz CT molecular complexity index is 530. The summed E-state index contributed by atoms with van der Waals surface area (Å²) in [4.78, 5) is 31.2. The minimum Gasteiger partial charge on any atom is -0.342 e. The minimum atomic E-state index is 0.0492. The minimum absolute atomic E-state index is 0.0492. The van der Waals surface area contributed by atoms with Gasteiger partial charge in [-0.15, -0.1) is 11.3 Å². The lowest BCUT2D eigenvalue weighted by Gasteiger charge is -2.34. The Morgan fingerprint density at radius 3 is 2.48 bits per heavy atom. The molecule has 0 N–H and O–H groups in total. The summed E-state index contributed by atoms with van der Waals surface area (Å²) in [7, 11) is 0. The molecule has 1 aromatic heterocycles. The highest BCUT2D eigenvalue weighted by Crippen LogP contribution is 2.11. The Morgan fingerprint density at radius 1 is 1.22 bits per heavy atom. The van der Waals surface area contributed by atoms with E-state index in [1.165, 1.54) is 0 Å². The van der Waals surface area contributed by atoms with Crippen molar-refractivity contribution in [3.05, 3.63) is 28.5 Å². The van der Waals surface area contributed by atoms with Crippen LogP contribution in [0.4, 0.5) is 0 Å². The third-order valence-electron chi connectivity index (χ3n) is 4.09. The second kappa shape index (κ2) is 8.84. The zero-order chi connectivity index (χ0) is 16.7. The van der Waals surface area contributed by atoms with Gasteiger partial charge in [-0.3, -0.25) is 14.5 Å². The second-order valence-electron chi connectivity index (χ2n) is 5.52. The van der Waals surface area contributed by atoms with Crippen LogP contribution in [0.3, 0.4) is 0 Å². The predicted molar refractivity (Wildman–Crippen MR) is 94.3 cm³/mol. The van der Waals surface area contributed by atoms with E-state index in [0.717, 1.165) is 31.1 Å². The molecule has 0 atom stereocenters. The average Bonchev–Trinajstić information content (AvgIpc) is 3.08. The molecule has 2 amide bonds. The van der Waals surface area contributed by atoms with Crippen LogP contribution in [0.25, 0.3) is 6.08 Å². The number of rotatable bonds is 6. The molecule has 0 radical (unpaired) electrons. The summed E-state index contributed by atoms with van der Waals surface area (Å²) < 4.78 is 0. The molecule has 23 heavy (non-hydrogen) atoms. The van der Waals surface area contributed by atoms with Crippen LogP contribution in [0.1, 0.15) is 18.7 Å². The predicted octanol–water partition coefficient (Wildman–Crippen LogP) is 1.77. The van der Waals surface area contributed by atoms with E-state index < -0.39 is 0 Å². The molecule has 1 saturated heterocycles. The molecule has 2 heterocycles. The van der Waals surface area contributed by atoms with Crippen molar-refractivity contribution >= 4 is 29.2 Å². The first-order valence-electron chi connectivity index (χ1n) is 8.14. The van der Waals surface area contributed by atoms with Crippen LogP contribution < -0.4 is 0 Å². The van der Waals surface area contributed by atoms with Crippen LogP contribution in [0.5, 0.6) is 0 Å². The van der Waals surface area contributed by atoms with Crippen molar-refractivity contribution in [2.24, 2.45) is 0 Å². The van der Waals surface area contributed by atoms with Crippen LogP contribution in [0.2, 0.25) is 0 Å². The third kappa shape index (κ3) is 5.18. The van der Waals surface area contributed by atoms with E-state index in [2.05, 4.69) is 4.90 Å². The van der Waals surface area contributed by atoms with E-state index >= 15 is 0 Å². The first kappa shape index (κ1) is 17.7. The summed E-state index contributed by atoms with van der Waals surface area (Å²) in [5, 5.41) is 2.00. The number of thiophene rings is 1. The van der Waals surface area contributed by atoms with E-state index in [9.17, 15) is 9.59 Å². The van der Waals surface area contributed by atoms with Crippen LogP contribution >= 0.6 is 11.3 Å². The highest BCUT2D eigenvalue weighted by Gasteiger charge is 2.22. The number of hydrogen-bond acceptors (Lipinski definition) is 4. The lowest BCUT2D eigenvalue weighted by atomic mass is 10.3. The zero-order valence-electron chi connectivity index (χ0n) is 13.9. The van der Waals surface area contributed by atoms with E-state index in [-0.39, 0.29) is 11.8 Å². The maximum atomic E-state index is 12.2. The topological polar surface area (TPSA) is 43.9 Å². The van der Waals surface area contributed by atoms with E-state index in [0.29, 0.717) is 19.6 Å². The van der Waals surface area contributed by atoms with Gasteiger partial charge < -0.3 is 9.80 Å². The molecule has 5 nitrogen and oxygen atoms in total. The van der Waals surface area contributed by atoms with Gasteiger partial charge in [0.2, 0.25) is 11.8 Å². The fraction of sp³-hybridized carbons (Fsp3) is 0.529. The fourth-order valence-electron chi connectivity index (χ4n) is 2.64. The molecular weight excluding hydrogens is 310 g/mol. The molecule has 2 rings (SSSR count). The molecule has 0 spiro atoms. The maximum absolute atomic E-state index is 12.2. The Hall–Kier alpha value is -1.66. The monoisotopic (exact) mass is 335 g/mol. The van der Waals surface area contributed by atoms with Crippen LogP contribution in [-0.4, -0.2) is 72.3 Å². The van der Waals surface area contributed by atoms with Crippen molar-refractivity contribution in [1.82, 2.24) is 14.7 Å². The second-order valence-corrected chi connectivity index (χ2v) is 6.50. The van der Waals surface area contributed by atoms with Gasteiger partial charge in [-0.2, -0.15) is 0 Å². The van der Waals surface area contributed by atoms with Crippen LogP contribution in [0.15, 0.2) is 23.6 Å². The Kier molecular flexibility index (Phi) is 6.80. The normalized spacial score (nSPS) is 16.0. The van der Waals surface area contributed by atoms with Gasteiger partial charge in [-0.25, -0.2) is 0 Å². The van der Waals surface area contributed by atoms with Crippen LogP contribution in [0, 0.1) is 0 Å². The molecule has 0 aromatic carbocycles. The summed E-state index contributed by atoms with van der Waals surface area (Å²) in [6.07, 6.45) is 3.51. The number of piperazine rings is 1. The lowest BCUT2D eigenvalue weighted by molar-refractivity contribution is -0.133. The van der Waals surface area contributed by atoms with Crippen molar-refractivity contribution in [1.29, 1.82) is 0 Å². The molecular formula is C17H25N3O2S. The SMILES string of the molecule is CCN(CC)C(=O)CN1CCN(C(=O)/C=C/c2cccs2)CC1. The molecule has 0 aliphatic carbocycles. The average molecular weight is 335 g/mol. The quantitative estimate of drug-likeness (QED) is 0.744. The van der Waals surface area contributed by atoms with Gasteiger partial charge in [0.15, 0.2) is 0 Å². The summed E-state index contributed by atoms with van der Waals surface area (Å²) in [6, 6.07) is 3.96. The van der Waals surface area contributed by atoms with Crippen molar-refractivity contribution in [2.75, 3.05) is 45.8 Å². The van der Waals surface area contributed by atoms with Crippen molar-refractivity contribution in [3.8, 4) is 0 Å². The van der Waals surface area contributed by atoms with Gasteiger partial charge in [0.1, 0.15) is 0 Å². The van der Waals surface area contributed by atoms with E-state index in [4.69, 9.17) is 0 Å². The summed E-state index contributed by atoms with van der Waals surface area (Å²) in [5.41, 5.74) is 0. The molecule has 6 heteroatoms. The van der Waals surface area contributed by atoms with Gasteiger partial charge in [-0.1, -0.05) is 6.07 Å². The van der Waals surface area contributed by atoms with Gasteiger partial charge in [0.05, 0.1) is 6.54 Å². The summed E-state index contributed by atoms with van der Waals surface area (Å²) in [5.74, 6) is 0.223. The smallest absolute Gasteiger partial charge is 0.246 e. The molecule has 0 saturated carbocycles. The van der Waals surface area contributed by atoms with Crippen molar-refractivity contribution < 1.29 is 9.59 Å². The zero-order valence-corrected chi connectivity index (χ0v) is 14.7. The number of nitrogens with zero attached hydrogens (tertiary/aromatic N) is 3.